The van der Waals surface area contributed by atoms with Crippen LogP contribution in [-0.2, 0) is 13.2 Å². The second-order valence-corrected chi connectivity index (χ2v) is 7.35. The highest BCUT2D eigenvalue weighted by molar-refractivity contribution is 6.42. The summed E-state index contributed by atoms with van der Waals surface area (Å²) in [7, 11) is 1.64. The van der Waals surface area contributed by atoms with Gasteiger partial charge < -0.3 is 14.8 Å². The Kier molecular flexibility index (Phi) is 7.21. The molecule has 0 heterocycles. The molecule has 0 bridgehead atoms. The van der Waals surface area contributed by atoms with Gasteiger partial charge in [-0.1, -0.05) is 65.7 Å². The zero-order chi connectivity index (χ0) is 19.9. The number of halogens is 2. The Morgan fingerprint density at radius 2 is 1.61 bits per heavy atom. The Morgan fingerprint density at radius 1 is 0.857 bits per heavy atom. The van der Waals surface area contributed by atoms with E-state index in [1.165, 1.54) is 5.56 Å². The van der Waals surface area contributed by atoms with E-state index in [0.717, 1.165) is 17.7 Å². The van der Waals surface area contributed by atoms with Crippen LogP contribution in [0.4, 0.5) is 0 Å². The highest BCUT2D eigenvalue weighted by Crippen LogP contribution is 2.30. The van der Waals surface area contributed by atoms with Gasteiger partial charge in [-0.15, -0.1) is 0 Å². The first-order chi connectivity index (χ1) is 13.6. The van der Waals surface area contributed by atoms with Gasteiger partial charge in [-0.3, -0.25) is 0 Å². The second-order valence-electron chi connectivity index (χ2n) is 6.54. The molecule has 0 radical (unpaired) electrons. The van der Waals surface area contributed by atoms with Gasteiger partial charge in [0.05, 0.1) is 17.2 Å². The first-order valence-electron chi connectivity index (χ1n) is 9.09. The van der Waals surface area contributed by atoms with E-state index in [1.807, 2.05) is 30.3 Å². The van der Waals surface area contributed by atoms with Crippen molar-refractivity contribution in [1.29, 1.82) is 0 Å². The van der Waals surface area contributed by atoms with Crippen molar-refractivity contribution < 1.29 is 9.47 Å². The molecule has 1 unspecified atom stereocenters. The fraction of sp³-hybridized carbons (Fsp3) is 0.217. The molecule has 5 heteroatoms. The fourth-order valence-electron chi connectivity index (χ4n) is 2.86. The topological polar surface area (TPSA) is 30.5 Å². The molecule has 0 amide bonds. The van der Waals surface area contributed by atoms with Gasteiger partial charge in [0.2, 0.25) is 0 Å². The lowest BCUT2D eigenvalue weighted by Crippen LogP contribution is -2.18. The van der Waals surface area contributed by atoms with Crippen LogP contribution in [-0.4, -0.2) is 7.11 Å². The van der Waals surface area contributed by atoms with Crippen LogP contribution < -0.4 is 14.8 Å². The maximum absolute atomic E-state index is 6.06. The van der Waals surface area contributed by atoms with Crippen LogP contribution in [0.15, 0.2) is 66.7 Å². The normalized spacial score (nSPS) is 11.9. The van der Waals surface area contributed by atoms with Gasteiger partial charge in [-0.2, -0.15) is 0 Å². The summed E-state index contributed by atoms with van der Waals surface area (Å²) in [6, 6.07) is 22.1. The average molecular weight is 416 g/mol. The summed E-state index contributed by atoms with van der Waals surface area (Å²) in [5.41, 5.74) is 3.33. The molecule has 3 rings (SSSR count). The van der Waals surface area contributed by atoms with Gasteiger partial charge in [0.25, 0.3) is 0 Å². The zero-order valence-corrected chi connectivity index (χ0v) is 17.4. The minimum atomic E-state index is 0.262. The molecule has 146 valence electrons. The van der Waals surface area contributed by atoms with Crippen molar-refractivity contribution in [3.63, 3.8) is 0 Å². The van der Waals surface area contributed by atoms with Crippen LogP contribution in [0.1, 0.15) is 29.7 Å². The molecule has 3 aromatic rings. The molecule has 3 aromatic carbocycles. The molecule has 0 aromatic heterocycles. The largest absolute Gasteiger partial charge is 0.493 e. The maximum atomic E-state index is 6.06. The predicted molar refractivity (Wildman–Crippen MR) is 115 cm³/mol. The Labute approximate surface area is 176 Å². The number of rotatable bonds is 8. The number of ether oxygens (including phenoxy) is 2. The highest BCUT2D eigenvalue weighted by Gasteiger charge is 2.09. The van der Waals surface area contributed by atoms with Crippen molar-refractivity contribution in [2.45, 2.75) is 26.1 Å². The predicted octanol–water partition coefficient (Wildman–Crippen LogP) is 6.43. The molecule has 0 aliphatic heterocycles. The summed E-state index contributed by atoms with van der Waals surface area (Å²) in [5, 5.41) is 4.58. The number of benzene rings is 3. The van der Waals surface area contributed by atoms with Gasteiger partial charge in [0.15, 0.2) is 11.5 Å². The molecular weight excluding hydrogens is 393 g/mol. The lowest BCUT2D eigenvalue weighted by Gasteiger charge is -2.16. The molecule has 0 spiro atoms. The third-order valence-corrected chi connectivity index (χ3v) is 5.26. The number of methoxy groups -OCH3 is 1. The molecule has 0 aliphatic rings. The van der Waals surface area contributed by atoms with Gasteiger partial charge in [-0.05, 0) is 47.9 Å². The minimum Gasteiger partial charge on any atom is -0.493 e. The Hall–Kier alpha value is -2.20. The van der Waals surface area contributed by atoms with Crippen molar-refractivity contribution in [1.82, 2.24) is 5.32 Å². The monoisotopic (exact) mass is 415 g/mol. The molecule has 1 N–H and O–H groups in total. The summed E-state index contributed by atoms with van der Waals surface area (Å²) in [6.45, 7) is 3.27. The van der Waals surface area contributed by atoms with Crippen LogP contribution in [0.2, 0.25) is 10.0 Å². The summed E-state index contributed by atoms with van der Waals surface area (Å²) in [5.74, 6) is 1.39. The lowest BCUT2D eigenvalue weighted by atomic mass is 10.1. The third kappa shape index (κ3) is 5.41. The van der Waals surface area contributed by atoms with Gasteiger partial charge in [0.1, 0.15) is 6.61 Å². The second kappa shape index (κ2) is 9.83. The summed E-state index contributed by atoms with van der Waals surface area (Å²) in [4.78, 5) is 0. The molecule has 3 nitrogen and oxygen atoms in total. The van der Waals surface area contributed by atoms with E-state index in [4.69, 9.17) is 32.7 Å². The summed E-state index contributed by atoms with van der Waals surface area (Å²) >= 11 is 12.0. The van der Waals surface area contributed by atoms with E-state index in [0.29, 0.717) is 28.2 Å². The molecule has 0 saturated heterocycles. The quantitative estimate of drug-likeness (QED) is 0.459. The van der Waals surface area contributed by atoms with Crippen LogP contribution >= 0.6 is 23.2 Å². The van der Waals surface area contributed by atoms with E-state index >= 15 is 0 Å². The fourth-order valence-corrected chi connectivity index (χ4v) is 3.18. The van der Waals surface area contributed by atoms with E-state index in [-0.39, 0.29) is 6.04 Å². The first-order valence-corrected chi connectivity index (χ1v) is 9.84. The molecule has 1 atom stereocenters. The van der Waals surface area contributed by atoms with E-state index in [2.05, 4.69) is 36.5 Å². The molecule has 28 heavy (non-hydrogen) atoms. The Bertz CT molecular complexity index is 916. The zero-order valence-electron chi connectivity index (χ0n) is 15.9. The van der Waals surface area contributed by atoms with Crippen molar-refractivity contribution >= 4 is 23.2 Å². The van der Waals surface area contributed by atoms with E-state index in [1.54, 1.807) is 19.2 Å². The molecular formula is C23H23Cl2NO2. The average Bonchev–Trinajstić information content (AvgIpc) is 2.73. The van der Waals surface area contributed by atoms with Crippen molar-refractivity contribution in [2.75, 3.05) is 7.11 Å². The molecule has 0 aliphatic carbocycles. The summed E-state index contributed by atoms with van der Waals surface area (Å²) < 4.78 is 11.4. The third-order valence-electron chi connectivity index (χ3n) is 4.52. The maximum Gasteiger partial charge on any atom is 0.161 e. The van der Waals surface area contributed by atoms with Crippen LogP contribution in [0.5, 0.6) is 11.5 Å². The van der Waals surface area contributed by atoms with Crippen LogP contribution in [0, 0.1) is 0 Å². The van der Waals surface area contributed by atoms with Crippen molar-refractivity contribution in [2.24, 2.45) is 0 Å². The Balaban J connectivity index is 1.62. The number of hydrogen-bond donors (Lipinski definition) is 1. The van der Waals surface area contributed by atoms with Crippen LogP contribution in [0.3, 0.4) is 0 Å². The van der Waals surface area contributed by atoms with Gasteiger partial charge in [-0.25, -0.2) is 0 Å². The minimum absolute atomic E-state index is 0.262. The van der Waals surface area contributed by atoms with Crippen molar-refractivity contribution in [3.05, 3.63) is 93.5 Å². The standard InChI is InChI=1S/C23H23Cl2NO2/c1-16(19-6-4-3-5-7-19)26-14-17-9-11-22(23(13-17)27-2)28-15-18-8-10-20(24)21(25)12-18/h3-13,16,26H,14-15H2,1-2H3. The lowest BCUT2D eigenvalue weighted by molar-refractivity contribution is 0.284. The SMILES string of the molecule is COc1cc(CNC(C)c2ccccc2)ccc1OCc1ccc(Cl)c(Cl)c1. The van der Waals surface area contributed by atoms with E-state index < -0.39 is 0 Å². The first kappa shape index (κ1) is 20.5. The molecule has 0 saturated carbocycles. The van der Waals surface area contributed by atoms with Crippen molar-refractivity contribution in [3.8, 4) is 11.5 Å². The van der Waals surface area contributed by atoms with Gasteiger partial charge in [0, 0.05) is 12.6 Å². The summed E-state index contributed by atoms with van der Waals surface area (Å²) in [6.07, 6.45) is 0. The Morgan fingerprint density at radius 3 is 2.32 bits per heavy atom. The highest BCUT2D eigenvalue weighted by atomic mass is 35.5. The molecule has 0 fully saturated rings. The van der Waals surface area contributed by atoms with Crippen LogP contribution in [0.25, 0.3) is 0 Å². The number of nitrogens with one attached hydrogen (secondary N) is 1. The number of hydrogen-bond acceptors (Lipinski definition) is 3. The van der Waals surface area contributed by atoms with E-state index in [9.17, 15) is 0 Å². The smallest absolute Gasteiger partial charge is 0.161 e. The van der Waals surface area contributed by atoms with Gasteiger partial charge >= 0.3 is 0 Å².